The quantitative estimate of drug-likeness (QED) is 0.0231. The lowest BCUT2D eigenvalue weighted by Gasteiger charge is -2.26. The van der Waals surface area contributed by atoms with Gasteiger partial charge in [-0.05, 0) is 38.5 Å². The molecule has 0 aromatic rings. The summed E-state index contributed by atoms with van der Waals surface area (Å²) in [7, 11) is -4.96. The second kappa shape index (κ2) is 38.5. The summed E-state index contributed by atoms with van der Waals surface area (Å²) in [5.74, 6) is -2.44. The van der Waals surface area contributed by atoms with E-state index in [1.54, 1.807) is 0 Å². The van der Waals surface area contributed by atoms with E-state index in [0.717, 1.165) is 57.8 Å². The lowest BCUT2D eigenvalue weighted by atomic mass is 10.0. The molecular formula is C40H79N2O10P. The molecule has 0 aliphatic heterocycles. The first-order chi connectivity index (χ1) is 25.1. The van der Waals surface area contributed by atoms with Gasteiger partial charge in [-0.15, -0.1) is 0 Å². The van der Waals surface area contributed by atoms with Crippen molar-refractivity contribution in [3.63, 3.8) is 0 Å². The van der Waals surface area contributed by atoms with Gasteiger partial charge < -0.3 is 40.4 Å². The van der Waals surface area contributed by atoms with E-state index in [0.29, 0.717) is 12.8 Å². The van der Waals surface area contributed by atoms with Gasteiger partial charge in [0.05, 0.1) is 13.2 Å². The molecule has 0 aromatic carbocycles. The number of nitrogens with two attached hydrogens (primary N) is 1. The highest BCUT2D eigenvalue weighted by Crippen LogP contribution is 2.38. The highest BCUT2D eigenvalue weighted by atomic mass is 31.2. The molecule has 53 heavy (non-hydrogen) atoms. The van der Waals surface area contributed by atoms with Crippen molar-refractivity contribution in [2.45, 2.75) is 206 Å². The average molecular weight is 779 g/mol. The molecule has 1 unspecified atom stereocenters. The van der Waals surface area contributed by atoms with Crippen molar-refractivity contribution in [3.8, 4) is 0 Å². The minimum Gasteiger partial charge on any atom is -0.756 e. The van der Waals surface area contributed by atoms with Gasteiger partial charge in [0.2, 0.25) is 0 Å². The summed E-state index contributed by atoms with van der Waals surface area (Å²) in [6, 6.07) is -1.56. The summed E-state index contributed by atoms with van der Waals surface area (Å²) in [5.41, 5.74) is 5.29. The fourth-order valence-electron chi connectivity index (χ4n) is 5.70. The maximum Gasteiger partial charge on any atom is 0.322 e. The normalized spacial score (nSPS) is 13.7. The third kappa shape index (κ3) is 38.3. The van der Waals surface area contributed by atoms with Crippen molar-refractivity contribution in [1.82, 2.24) is 6.15 Å². The van der Waals surface area contributed by atoms with E-state index in [-0.39, 0.29) is 25.6 Å². The Morgan fingerprint density at radius 2 is 0.981 bits per heavy atom. The number of carboxylic acids is 1. The molecule has 0 fully saturated rings. The number of hydrogen-bond acceptors (Lipinski definition) is 10. The number of hydrogen-bond donors (Lipinski definition) is 3. The molecule has 0 heterocycles. The lowest BCUT2D eigenvalue weighted by Crippen LogP contribution is -2.35. The van der Waals surface area contributed by atoms with Crippen LogP contribution in [-0.4, -0.2) is 55.0 Å². The van der Waals surface area contributed by atoms with Crippen LogP contribution in [-0.2, 0) is 37.5 Å². The van der Waals surface area contributed by atoms with Crippen molar-refractivity contribution in [3.05, 3.63) is 12.2 Å². The molecule has 0 saturated heterocycles. The van der Waals surface area contributed by atoms with Gasteiger partial charge in [0.25, 0.3) is 7.82 Å². The van der Waals surface area contributed by atoms with Crippen LogP contribution in [0.3, 0.4) is 0 Å². The Hall–Kier alpha value is -1.82. The third-order valence-corrected chi connectivity index (χ3v) is 9.93. The monoisotopic (exact) mass is 779 g/mol. The van der Waals surface area contributed by atoms with Crippen molar-refractivity contribution >= 4 is 25.7 Å². The van der Waals surface area contributed by atoms with Gasteiger partial charge in [0.15, 0.2) is 6.10 Å². The molecule has 0 saturated carbocycles. The highest BCUT2D eigenvalue weighted by Gasteiger charge is 2.22. The first-order valence-corrected chi connectivity index (χ1v) is 22.2. The number of quaternary nitrogens is 1. The number of rotatable bonds is 39. The topological polar surface area (TPSA) is 211 Å². The second-order valence-corrected chi connectivity index (χ2v) is 15.5. The summed E-state index contributed by atoms with van der Waals surface area (Å²) < 4.78 is 32.2. The summed E-state index contributed by atoms with van der Waals surface area (Å²) >= 11 is 0. The van der Waals surface area contributed by atoms with E-state index >= 15 is 0 Å². The van der Waals surface area contributed by atoms with Crippen LogP contribution in [0.4, 0.5) is 0 Å². The van der Waals surface area contributed by atoms with Gasteiger partial charge in [-0.3, -0.25) is 18.9 Å². The SMILES string of the molecule is CCCCCCCC/C=C\CCCCCCCC(=O)O[C@H](COC(=O)CCCCCCCCCCCCCCC)COP(=O)([O-])OC[C@H](N)C(=O)O.[NH4+]. The Kier molecular flexibility index (Phi) is 38.7. The van der Waals surface area contributed by atoms with E-state index in [2.05, 4.69) is 30.5 Å². The molecule has 0 radical (unpaired) electrons. The number of carbonyl (C=O) groups excluding carboxylic acids is 2. The van der Waals surface area contributed by atoms with E-state index in [1.807, 2.05) is 0 Å². The zero-order valence-electron chi connectivity index (χ0n) is 33.9. The van der Waals surface area contributed by atoms with Crippen molar-refractivity contribution in [1.29, 1.82) is 0 Å². The van der Waals surface area contributed by atoms with Crippen LogP contribution in [0.5, 0.6) is 0 Å². The minimum atomic E-state index is -4.96. The maximum atomic E-state index is 12.6. The molecule has 0 rings (SSSR count). The molecule has 3 atom stereocenters. The molecule has 0 spiro atoms. The molecular weight excluding hydrogens is 699 g/mol. The zero-order chi connectivity index (χ0) is 38.5. The fourth-order valence-corrected chi connectivity index (χ4v) is 6.47. The molecule has 7 N–H and O–H groups in total. The average Bonchev–Trinajstić information content (AvgIpc) is 3.12. The van der Waals surface area contributed by atoms with Crippen LogP contribution < -0.4 is 16.8 Å². The Labute approximate surface area is 322 Å². The van der Waals surface area contributed by atoms with Gasteiger partial charge in [-0.1, -0.05) is 154 Å². The minimum absolute atomic E-state index is 0. The van der Waals surface area contributed by atoms with E-state index in [4.69, 9.17) is 24.8 Å². The maximum absolute atomic E-state index is 12.6. The van der Waals surface area contributed by atoms with Crippen molar-refractivity contribution in [2.24, 2.45) is 5.73 Å². The van der Waals surface area contributed by atoms with E-state index in [1.165, 1.54) is 96.3 Å². The van der Waals surface area contributed by atoms with Gasteiger partial charge in [0, 0.05) is 12.8 Å². The number of allylic oxidation sites excluding steroid dienone is 2. The second-order valence-electron chi connectivity index (χ2n) is 14.1. The molecule has 13 heteroatoms. The van der Waals surface area contributed by atoms with E-state index in [9.17, 15) is 23.8 Å². The van der Waals surface area contributed by atoms with Gasteiger partial charge in [-0.2, -0.15) is 0 Å². The smallest absolute Gasteiger partial charge is 0.322 e. The van der Waals surface area contributed by atoms with Crippen molar-refractivity contribution < 1.29 is 47.5 Å². The number of unbranched alkanes of at least 4 members (excludes halogenated alkanes) is 23. The van der Waals surface area contributed by atoms with Crippen LogP contribution in [0.25, 0.3) is 0 Å². The highest BCUT2D eigenvalue weighted by molar-refractivity contribution is 7.45. The first kappa shape index (κ1) is 53.3. The fraction of sp³-hybridized carbons (Fsp3) is 0.875. The number of carboxylic acid groups (broad SMARTS) is 1. The summed E-state index contributed by atoms with van der Waals surface area (Å²) in [4.78, 5) is 48.0. The number of ether oxygens (including phenoxy) is 2. The van der Waals surface area contributed by atoms with Crippen LogP contribution in [0, 0.1) is 0 Å². The largest absolute Gasteiger partial charge is 0.756 e. The van der Waals surface area contributed by atoms with Crippen LogP contribution in [0.15, 0.2) is 12.2 Å². The third-order valence-electron chi connectivity index (χ3n) is 9.00. The number of phosphoric acid groups is 1. The molecule has 12 nitrogen and oxygen atoms in total. The molecule has 314 valence electrons. The van der Waals surface area contributed by atoms with Crippen molar-refractivity contribution in [2.75, 3.05) is 19.8 Å². The van der Waals surface area contributed by atoms with Crippen LogP contribution in [0.1, 0.15) is 194 Å². The lowest BCUT2D eigenvalue weighted by molar-refractivity contribution is -0.228. The summed E-state index contributed by atoms with van der Waals surface area (Å²) in [5, 5.41) is 8.85. The molecule has 0 amide bonds. The standard InChI is InChI=1S/C40H76NO10P.H3N/c1-3-5-7-9-11-13-15-17-18-20-22-24-26-28-30-32-39(43)51-36(34-49-52(46,47)50-35-37(41)40(44)45)33-48-38(42)31-29-27-25-23-21-19-16-14-12-10-8-6-4-2;/h17-18,36-37H,3-16,19-35,41H2,1-2H3,(H,44,45)(H,46,47);1H3/b18-17-;/t36-,37+;/m1./s1. The number of phosphoric ester groups is 1. The van der Waals surface area contributed by atoms with Crippen LogP contribution in [0.2, 0.25) is 0 Å². The molecule has 0 bridgehead atoms. The summed E-state index contributed by atoms with van der Waals surface area (Å²) in [6.07, 6.45) is 33.9. The number of carbonyl (C=O) groups is 3. The number of esters is 2. The Balaban J connectivity index is 0. The summed E-state index contributed by atoms with van der Waals surface area (Å²) in [6.45, 7) is 2.64. The Morgan fingerprint density at radius 1 is 0.604 bits per heavy atom. The number of aliphatic carboxylic acids is 1. The molecule has 0 aliphatic rings. The molecule has 0 aliphatic carbocycles. The van der Waals surface area contributed by atoms with Gasteiger partial charge >= 0.3 is 17.9 Å². The van der Waals surface area contributed by atoms with Crippen LogP contribution >= 0.6 is 7.82 Å². The van der Waals surface area contributed by atoms with E-state index < -0.39 is 51.1 Å². The van der Waals surface area contributed by atoms with Gasteiger partial charge in [-0.25, -0.2) is 0 Å². The first-order valence-electron chi connectivity index (χ1n) is 20.7. The Morgan fingerprint density at radius 3 is 1.42 bits per heavy atom. The predicted octanol–water partition coefficient (Wildman–Crippen LogP) is 10.2. The predicted molar refractivity (Wildman–Crippen MR) is 212 cm³/mol. The van der Waals surface area contributed by atoms with Gasteiger partial charge in [0.1, 0.15) is 12.6 Å². The Bertz CT molecular complexity index is 952. The zero-order valence-corrected chi connectivity index (χ0v) is 34.8. The molecule has 0 aromatic heterocycles.